The molecule has 0 radical (unpaired) electrons. The fourth-order valence-electron chi connectivity index (χ4n) is 1.81. The first-order valence-electron chi connectivity index (χ1n) is 6.90. The molecule has 0 nitrogen and oxygen atoms in total. The first-order chi connectivity index (χ1) is 7.82. The molecule has 0 heterocycles. The van der Waals surface area contributed by atoms with Crippen molar-refractivity contribution in [2.24, 2.45) is 0 Å². The van der Waals surface area contributed by atoms with Crippen molar-refractivity contribution < 1.29 is 17.0 Å². The van der Waals surface area contributed by atoms with E-state index in [0.717, 1.165) is 0 Å². The van der Waals surface area contributed by atoms with Crippen LogP contribution in [0.4, 0.5) is 0 Å². The van der Waals surface area contributed by atoms with Gasteiger partial charge in [0, 0.05) is 0 Å². The second-order valence-corrected chi connectivity index (χ2v) is 8.45. The maximum atomic E-state index is 3.64. The summed E-state index contributed by atoms with van der Waals surface area (Å²) in [7, 11) is 0. The average molecular weight is 350 g/mol. The molecule has 20 heavy (non-hydrogen) atoms. The van der Waals surface area contributed by atoms with Gasteiger partial charge >= 0.3 is 23.1 Å². The van der Waals surface area contributed by atoms with E-state index >= 15 is 0 Å². The van der Waals surface area contributed by atoms with Gasteiger partial charge in [-0.2, -0.15) is 34.9 Å². The second-order valence-electron chi connectivity index (χ2n) is 8.45. The number of hydrogen-bond donors (Lipinski definition) is 0. The van der Waals surface area contributed by atoms with E-state index in [9.17, 15) is 0 Å². The van der Waals surface area contributed by atoms with Crippen LogP contribution in [0.15, 0.2) is 12.1 Å². The van der Waals surface area contributed by atoms with Crippen molar-refractivity contribution in [2.75, 3.05) is 0 Å². The van der Waals surface area contributed by atoms with Crippen molar-refractivity contribution in [3.63, 3.8) is 0 Å². The average Bonchev–Trinajstić information content (AvgIpc) is 2.13. The summed E-state index contributed by atoms with van der Waals surface area (Å²) in [6, 6.07) is 8.29. The van der Waals surface area contributed by atoms with Gasteiger partial charge in [-0.25, -0.2) is 0 Å². The van der Waals surface area contributed by atoms with Crippen LogP contribution in [0.2, 0.25) is 0 Å². The van der Waals surface area contributed by atoms with Gasteiger partial charge in [0.15, 0.2) is 0 Å². The molecular weight excluding hydrogens is 320 g/mol. The van der Waals surface area contributed by atoms with Crippen LogP contribution >= 0.6 is 0 Å². The minimum Gasteiger partial charge on any atom is -1.00 e. The maximum Gasteiger partial charge on any atom is 2.00 e. The SMILES string of the molecule is CC(C)(C)c1[c-]c(C(C)(C)C)cc(C(C)(C)C)c1.[Br-].[Mg+2]. The third-order valence-corrected chi connectivity index (χ3v) is 3.35. The molecule has 0 aliphatic rings. The fourth-order valence-corrected chi connectivity index (χ4v) is 1.81. The number of halogens is 1. The van der Waals surface area contributed by atoms with Gasteiger partial charge < -0.3 is 17.0 Å². The van der Waals surface area contributed by atoms with E-state index in [2.05, 4.69) is 80.5 Å². The van der Waals surface area contributed by atoms with Crippen LogP contribution in [0.1, 0.15) is 79.0 Å². The molecular formula is C18H29BrMg. The Kier molecular flexibility index (Phi) is 8.13. The number of benzene rings is 1. The predicted octanol–water partition coefficient (Wildman–Crippen LogP) is 2.00. The zero-order valence-corrected chi connectivity index (χ0v) is 17.7. The Morgan fingerprint density at radius 2 is 0.950 bits per heavy atom. The largest absolute Gasteiger partial charge is 2.00 e. The van der Waals surface area contributed by atoms with Gasteiger partial charge in [-0.3, -0.25) is 0 Å². The number of rotatable bonds is 0. The summed E-state index contributed by atoms with van der Waals surface area (Å²) in [5.41, 5.74) is 4.55. The second kappa shape index (κ2) is 7.15. The summed E-state index contributed by atoms with van der Waals surface area (Å²) < 4.78 is 0. The van der Waals surface area contributed by atoms with E-state index in [1.165, 1.54) is 16.7 Å². The van der Waals surface area contributed by atoms with Crippen LogP contribution in [0.5, 0.6) is 0 Å². The van der Waals surface area contributed by atoms with E-state index in [1.54, 1.807) is 0 Å². The molecule has 110 valence electrons. The minimum atomic E-state index is 0. The van der Waals surface area contributed by atoms with Crippen LogP contribution in [0.3, 0.4) is 0 Å². The Labute approximate surface area is 153 Å². The van der Waals surface area contributed by atoms with Crippen LogP contribution in [-0.2, 0) is 16.2 Å². The van der Waals surface area contributed by atoms with Crippen molar-refractivity contribution in [2.45, 2.75) is 78.6 Å². The first-order valence-corrected chi connectivity index (χ1v) is 6.90. The molecule has 0 fully saturated rings. The van der Waals surface area contributed by atoms with Gasteiger partial charge in [-0.1, -0.05) is 62.3 Å². The molecule has 0 atom stereocenters. The van der Waals surface area contributed by atoms with Crippen molar-refractivity contribution in [1.29, 1.82) is 0 Å². The third kappa shape index (κ3) is 6.07. The van der Waals surface area contributed by atoms with Gasteiger partial charge in [0.25, 0.3) is 0 Å². The Morgan fingerprint density at radius 3 is 1.15 bits per heavy atom. The van der Waals surface area contributed by atoms with E-state index in [0.29, 0.717) is 0 Å². The van der Waals surface area contributed by atoms with Crippen LogP contribution in [0, 0.1) is 6.07 Å². The molecule has 0 aliphatic carbocycles. The van der Waals surface area contributed by atoms with Gasteiger partial charge in [0.1, 0.15) is 0 Å². The molecule has 1 aromatic carbocycles. The molecule has 0 unspecified atom stereocenters. The maximum absolute atomic E-state index is 3.64. The quantitative estimate of drug-likeness (QED) is 0.496. The van der Waals surface area contributed by atoms with Gasteiger partial charge in [0.05, 0.1) is 0 Å². The fraction of sp³-hybridized carbons (Fsp3) is 0.667. The first kappa shape index (κ1) is 22.7. The predicted molar refractivity (Wildman–Crippen MR) is 87.1 cm³/mol. The summed E-state index contributed by atoms with van der Waals surface area (Å²) in [6.07, 6.45) is 0. The van der Waals surface area contributed by atoms with E-state index in [-0.39, 0.29) is 56.3 Å². The Balaban J connectivity index is 0. The van der Waals surface area contributed by atoms with Gasteiger partial charge in [-0.05, 0) is 16.2 Å². The van der Waals surface area contributed by atoms with Crippen LogP contribution in [-0.4, -0.2) is 23.1 Å². The monoisotopic (exact) mass is 348 g/mol. The van der Waals surface area contributed by atoms with Crippen LogP contribution < -0.4 is 17.0 Å². The Hall–Kier alpha value is 0.466. The molecule has 0 amide bonds. The molecule has 0 aliphatic heterocycles. The molecule has 1 aromatic rings. The molecule has 0 bridgehead atoms. The Bertz CT molecular complexity index is 349. The zero-order valence-electron chi connectivity index (χ0n) is 14.7. The molecule has 0 spiro atoms. The van der Waals surface area contributed by atoms with E-state index in [1.807, 2.05) is 0 Å². The molecule has 1 rings (SSSR count). The smallest absolute Gasteiger partial charge is 1.00 e. The van der Waals surface area contributed by atoms with Gasteiger partial charge in [-0.15, -0.1) is 0 Å². The third-order valence-electron chi connectivity index (χ3n) is 3.35. The standard InChI is InChI=1S/C18H29.BrH.Mg/c1-16(2,3)13-10-14(17(4,5)6)12-15(11-13)18(7,8)9;;/h10-11H,1-9H3;1H;/q-1;;+2/p-1. The van der Waals surface area contributed by atoms with E-state index < -0.39 is 0 Å². The van der Waals surface area contributed by atoms with Crippen molar-refractivity contribution in [1.82, 2.24) is 0 Å². The molecule has 0 saturated carbocycles. The van der Waals surface area contributed by atoms with Crippen LogP contribution in [0.25, 0.3) is 0 Å². The van der Waals surface area contributed by atoms with E-state index in [4.69, 9.17) is 0 Å². The molecule has 2 heteroatoms. The minimum absolute atomic E-state index is 0. The molecule has 0 N–H and O–H groups in total. The van der Waals surface area contributed by atoms with Crippen molar-refractivity contribution in [3.05, 3.63) is 34.9 Å². The molecule has 0 aromatic heterocycles. The summed E-state index contributed by atoms with van der Waals surface area (Å²) in [6.45, 7) is 20.4. The summed E-state index contributed by atoms with van der Waals surface area (Å²) in [4.78, 5) is 0. The summed E-state index contributed by atoms with van der Waals surface area (Å²) >= 11 is 0. The van der Waals surface area contributed by atoms with Crippen molar-refractivity contribution in [3.8, 4) is 0 Å². The Morgan fingerprint density at radius 1 is 0.650 bits per heavy atom. The van der Waals surface area contributed by atoms with Crippen molar-refractivity contribution >= 4 is 23.1 Å². The zero-order chi connectivity index (χ0) is 14.4. The topological polar surface area (TPSA) is 0 Å². The molecule has 0 saturated heterocycles. The number of hydrogen-bond acceptors (Lipinski definition) is 0. The summed E-state index contributed by atoms with van der Waals surface area (Å²) in [5.74, 6) is 0. The van der Waals surface area contributed by atoms with Gasteiger partial charge in [0.2, 0.25) is 0 Å². The summed E-state index contributed by atoms with van der Waals surface area (Å²) in [5, 5.41) is 0. The normalized spacial score (nSPS) is 12.4.